The zero-order valence-corrected chi connectivity index (χ0v) is 25.1. The molecule has 46 heavy (non-hydrogen) atoms. The molecule has 4 amide bonds. The number of hydrogen-bond acceptors (Lipinski definition) is 6. The Labute approximate surface area is 264 Å². The van der Waals surface area contributed by atoms with Crippen molar-refractivity contribution in [2.45, 2.75) is 50.9 Å². The van der Waals surface area contributed by atoms with Crippen molar-refractivity contribution < 1.29 is 41.9 Å². The summed E-state index contributed by atoms with van der Waals surface area (Å²) in [7, 11) is 0. The van der Waals surface area contributed by atoms with Crippen molar-refractivity contribution in [2.24, 2.45) is 0 Å². The molecule has 0 saturated heterocycles. The minimum atomic E-state index is -5.36. The van der Waals surface area contributed by atoms with Gasteiger partial charge in [0.2, 0.25) is 11.8 Å². The van der Waals surface area contributed by atoms with Crippen LogP contribution in [0, 0.1) is 0 Å². The third-order valence-corrected chi connectivity index (χ3v) is 6.77. The first-order valence-corrected chi connectivity index (χ1v) is 14.5. The number of urea groups is 1. The van der Waals surface area contributed by atoms with Crippen LogP contribution in [-0.2, 0) is 23.9 Å². The van der Waals surface area contributed by atoms with E-state index in [0.717, 1.165) is 16.7 Å². The Kier molecular flexibility index (Phi) is 13.3. The summed E-state index contributed by atoms with van der Waals surface area (Å²) in [5.41, 5.74) is 3.03. The van der Waals surface area contributed by atoms with E-state index < -0.39 is 48.9 Å². The van der Waals surface area contributed by atoms with Gasteiger partial charge >= 0.3 is 24.1 Å². The number of unbranched alkanes of at least 4 members (excludes halogenated alkanes) is 1. The van der Waals surface area contributed by atoms with Crippen LogP contribution in [0.25, 0.3) is 11.1 Å². The Hall–Kier alpha value is -5.20. The van der Waals surface area contributed by atoms with E-state index >= 15 is 0 Å². The molecule has 10 nitrogen and oxygen atoms in total. The van der Waals surface area contributed by atoms with Gasteiger partial charge in [0.15, 0.2) is 0 Å². The fourth-order valence-electron chi connectivity index (χ4n) is 4.36. The Morgan fingerprint density at radius 1 is 0.717 bits per heavy atom. The predicted octanol–water partition coefficient (Wildman–Crippen LogP) is 4.88. The van der Waals surface area contributed by atoms with Crippen molar-refractivity contribution in [2.75, 3.05) is 13.1 Å². The third-order valence-electron chi connectivity index (χ3n) is 6.77. The lowest BCUT2D eigenvalue weighted by molar-refractivity contribution is -0.202. The molecule has 1 unspecified atom stereocenters. The average Bonchev–Trinajstić information content (AvgIpc) is 3.03. The van der Waals surface area contributed by atoms with Crippen LogP contribution in [0.5, 0.6) is 0 Å². The van der Waals surface area contributed by atoms with Crippen molar-refractivity contribution in [1.82, 2.24) is 21.3 Å². The normalized spacial score (nSPS) is 12.3. The number of nitrogens with one attached hydrogen (secondary N) is 4. The van der Waals surface area contributed by atoms with Gasteiger partial charge in [-0.3, -0.25) is 14.4 Å². The summed E-state index contributed by atoms with van der Waals surface area (Å²) in [6.07, 6.45) is -5.12. The van der Waals surface area contributed by atoms with E-state index in [4.69, 9.17) is 0 Å². The van der Waals surface area contributed by atoms with Crippen molar-refractivity contribution in [1.29, 1.82) is 0 Å². The lowest BCUT2D eigenvalue weighted by Gasteiger charge is -2.19. The molecule has 4 N–H and O–H groups in total. The largest absolute Gasteiger partial charge is 0.491 e. The number of halogens is 3. The number of carbonyl (C=O) groups excluding carboxylic acids is 5. The van der Waals surface area contributed by atoms with Gasteiger partial charge in [-0.15, -0.1) is 0 Å². The van der Waals surface area contributed by atoms with Crippen molar-refractivity contribution in [3.05, 3.63) is 96.1 Å². The molecule has 0 aliphatic rings. The van der Waals surface area contributed by atoms with Crippen LogP contribution < -0.4 is 21.3 Å². The lowest BCUT2D eigenvalue weighted by Crippen LogP contribution is -2.40. The molecule has 3 rings (SSSR count). The molecule has 0 spiro atoms. The molecule has 0 aliphatic heterocycles. The third kappa shape index (κ3) is 12.1. The Bertz CT molecular complexity index is 1470. The maximum Gasteiger partial charge on any atom is 0.491 e. The summed E-state index contributed by atoms with van der Waals surface area (Å²) >= 11 is 0. The molecule has 3 aromatic rings. The predicted molar refractivity (Wildman–Crippen MR) is 163 cm³/mol. The second kappa shape index (κ2) is 17.3. The zero-order valence-electron chi connectivity index (χ0n) is 25.1. The highest BCUT2D eigenvalue weighted by molar-refractivity contribution is 5.89. The molecule has 0 radical (unpaired) electrons. The Morgan fingerprint density at radius 2 is 1.33 bits per heavy atom. The van der Waals surface area contributed by atoms with Crippen LogP contribution >= 0.6 is 0 Å². The number of hydrogen-bond donors (Lipinski definition) is 4. The van der Waals surface area contributed by atoms with Gasteiger partial charge < -0.3 is 26.0 Å². The molecule has 3 aromatic carbocycles. The van der Waals surface area contributed by atoms with Crippen LogP contribution in [0.4, 0.5) is 18.0 Å². The second-order valence-electron chi connectivity index (χ2n) is 10.3. The standard InChI is InChI=1S/C33H35F3N4O6/c1-22(23-10-4-2-5-11-23)39-32(45)37-19-9-8-14-28(41)38-21-29(42)40-27(20-30(43)46-31(44)33(34,35)36)26-17-15-25(16-18-26)24-12-6-3-7-13-24/h2-7,10-13,15-18,22,27H,8-9,14,19-21H2,1H3,(H,38,41)(H,40,42)(H2,37,39,45)/t22-,27?/m0/s1. The number of alkyl halides is 3. The van der Waals surface area contributed by atoms with Crippen molar-refractivity contribution >= 4 is 29.8 Å². The van der Waals surface area contributed by atoms with Gasteiger partial charge in [-0.25, -0.2) is 9.59 Å². The van der Waals surface area contributed by atoms with Gasteiger partial charge in [-0.05, 0) is 42.0 Å². The maximum absolute atomic E-state index is 12.6. The first kappa shape index (κ1) is 35.3. The monoisotopic (exact) mass is 640 g/mol. The molecule has 0 bridgehead atoms. The van der Waals surface area contributed by atoms with E-state index in [1.807, 2.05) is 67.6 Å². The number of carbonyl (C=O) groups is 5. The van der Waals surface area contributed by atoms with Crippen LogP contribution in [-0.4, -0.2) is 49.0 Å². The van der Waals surface area contributed by atoms with E-state index in [0.29, 0.717) is 24.9 Å². The number of esters is 2. The van der Waals surface area contributed by atoms with E-state index in [-0.39, 0.29) is 18.5 Å². The fourth-order valence-corrected chi connectivity index (χ4v) is 4.36. The highest BCUT2D eigenvalue weighted by Gasteiger charge is 2.42. The molecule has 0 saturated carbocycles. The highest BCUT2D eigenvalue weighted by atomic mass is 19.4. The molecule has 2 atom stereocenters. The SMILES string of the molecule is C[C@H](NC(=O)NCCCCC(=O)NCC(=O)NC(CC(=O)OC(=O)C(F)(F)F)c1ccc(-c2ccccc2)cc1)c1ccccc1. The molecule has 0 fully saturated rings. The number of amides is 4. The Morgan fingerprint density at radius 3 is 1.96 bits per heavy atom. The molecule has 0 aliphatic carbocycles. The fraction of sp³-hybridized carbons (Fsp3) is 0.303. The summed E-state index contributed by atoms with van der Waals surface area (Å²) < 4.78 is 41.6. The van der Waals surface area contributed by atoms with Gasteiger partial charge in [-0.2, -0.15) is 13.2 Å². The van der Waals surface area contributed by atoms with E-state index in [2.05, 4.69) is 26.0 Å². The molecule has 13 heteroatoms. The molecule has 0 aromatic heterocycles. The van der Waals surface area contributed by atoms with Gasteiger partial charge in [-0.1, -0.05) is 84.9 Å². The average molecular weight is 641 g/mol. The minimum Gasteiger partial charge on any atom is -0.386 e. The van der Waals surface area contributed by atoms with Crippen LogP contribution in [0.15, 0.2) is 84.9 Å². The summed E-state index contributed by atoms with van der Waals surface area (Å²) in [6.45, 7) is 1.73. The van der Waals surface area contributed by atoms with Gasteiger partial charge in [0.25, 0.3) is 0 Å². The second-order valence-corrected chi connectivity index (χ2v) is 10.3. The Balaban J connectivity index is 1.46. The summed E-state index contributed by atoms with van der Waals surface area (Å²) in [4.78, 5) is 60.3. The minimum absolute atomic E-state index is 0.0766. The number of ether oxygens (including phenoxy) is 1. The first-order valence-electron chi connectivity index (χ1n) is 14.5. The van der Waals surface area contributed by atoms with E-state index in [9.17, 15) is 37.1 Å². The molecular weight excluding hydrogens is 605 g/mol. The van der Waals surface area contributed by atoms with Crippen molar-refractivity contribution in [3.63, 3.8) is 0 Å². The highest BCUT2D eigenvalue weighted by Crippen LogP contribution is 2.24. The van der Waals surface area contributed by atoms with E-state index in [1.54, 1.807) is 24.3 Å². The number of rotatable bonds is 14. The van der Waals surface area contributed by atoms with Gasteiger partial charge in [0, 0.05) is 13.0 Å². The van der Waals surface area contributed by atoms with Crippen LogP contribution in [0.1, 0.15) is 55.8 Å². The number of benzene rings is 3. The van der Waals surface area contributed by atoms with Crippen LogP contribution in [0.2, 0.25) is 0 Å². The maximum atomic E-state index is 12.6. The van der Waals surface area contributed by atoms with Crippen molar-refractivity contribution in [3.8, 4) is 11.1 Å². The van der Waals surface area contributed by atoms with Gasteiger partial charge in [0.05, 0.1) is 25.0 Å². The molecular formula is C33H35F3N4O6. The molecule has 244 valence electrons. The van der Waals surface area contributed by atoms with Gasteiger partial charge in [0.1, 0.15) is 0 Å². The lowest BCUT2D eigenvalue weighted by atomic mass is 9.99. The van der Waals surface area contributed by atoms with Crippen LogP contribution in [0.3, 0.4) is 0 Å². The smallest absolute Gasteiger partial charge is 0.386 e. The first-order chi connectivity index (χ1) is 21.9. The topological polar surface area (TPSA) is 143 Å². The molecule has 0 heterocycles. The van der Waals surface area contributed by atoms with E-state index in [1.165, 1.54) is 0 Å². The summed E-state index contributed by atoms with van der Waals surface area (Å²) in [6, 6.07) is 23.7. The summed E-state index contributed by atoms with van der Waals surface area (Å²) in [5.74, 6) is -5.30. The zero-order chi connectivity index (χ0) is 33.5. The summed E-state index contributed by atoms with van der Waals surface area (Å²) in [5, 5.41) is 10.5. The quantitative estimate of drug-likeness (QED) is 0.112.